The van der Waals surface area contributed by atoms with Gasteiger partial charge in [-0.3, -0.25) is 4.79 Å². The lowest BCUT2D eigenvalue weighted by molar-refractivity contribution is -0.124. The molecule has 1 saturated heterocycles. The summed E-state index contributed by atoms with van der Waals surface area (Å²) in [6, 6.07) is 10.3. The van der Waals surface area contributed by atoms with Crippen LogP contribution in [0.4, 0.5) is 22.9 Å². The van der Waals surface area contributed by atoms with Gasteiger partial charge in [0.2, 0.25) is 5.91 Å². The average Bonchev–Trinajstić information content (AvgIpc) is 2.98. The Kier molecular flexibility index (Phi) is 5.55. The molecule has 0 spiro atoms. The van der Waals surface area contributed by atoms with E-state index in [0.29, 0.717) is 19.8 Å². The van der Waals surface area contributed by atoms with Gasteiger partial charge < -0.3 is 24.6 Å². The Morgan fingerprint density at radius 1 is 1.25 bits per heavy atom. The second kappa shape index (κ2) is 8.37. The molecule has 0 atom stereocenters. The number of rotatable bonds is 4. The van der Waals surface area contributed by atoms with Crippen molar-refractivity contribution >= 4 is 28.8 Å². The number of fused-ring (bicyclic) bond motifs is 2. The summed E-state index contributed by atoms with van der Waals surface area (Å²) in [4.78, 5) is 22.6. The van der Waals surface area contributed by atoms with Crippen molar-refractivity contribution in [2.75, 3.05) is 42.5 Å². The molecule has 5 rings (SSSR count). The van der Waals surface area contributed by atoms with Crippen molar-refractivity contribution in [1.29, 1.82) is 0 Å². The predicted octanol–water partition coefficient (Wildman–Crippen LogP) is 4.10. The Morgan fingerprint density at radius 2 is 2.03 bits per heavy atom. The van der Waals surface area contributed by atoms with Gasteiger partial charge in [-0.05, 0) is 56.9 Å². The van der Waals surface area contributed by atoms with Crippen molar-refractivity contribution in [2.24, 2.45) is 5.92 Å². The summed E-state index contributed by atoms with van der Waals surface area (Å²) in [6.45, 7) is 4.14. The number of anilines is 4. The first-order valence-electron chi connectivity index (χ1n) is 11.5. The van der Waals surface area contributed by atoms with E-state index in [4.69, 9.17) is 9.47 Å². The number of hydrogen-bond donors (Lipinski definition) is 1. The van der Waals surface area contributed by atoms with Gasteiger partial charge in [0.1, 0.15) is 5.82 Å². The van der Waals surface area contributed by atoms with Gasteiger partial charge in [-0.25, -0.2) is 4.98 Å². The third-order valence-corrected chi connectivity index (χ3v) is 7.39. The quantitative estimate of drug-likeness (QED) is 0.778. The number of aromatic nitrogens is 1. The fourth-order valence-electron chi connectivity index (χ4n) is 4.98. The van der Waals surface area contributed by atoms with Gasteiger partial charge in [0.05, 0.1) is 42.8 Å². The minimum absolute atomic E-state index is 0.0198. The molecule has 1 amide bonds. The summed E-state index contributed by atoms with van der Waals surface area (Å²) < 4.78 is 11.0. The zero-order valence-corrected chi connectivity index (χ0v) is 19.1. The smallest absolute Gasteiger partial charge is 0.230 e. The molecule has 2 aliphatic heterocycles. The maximum absolute atomic E-state index is 13.8. The number of ether oxygens (including phenoxy) is 2. The van der Waals surface area contributed by atoms with Crippen molar-refractivity contribution in [2.45, 2.75) is 50.8 Å². The molecule has 7 heteroatoms. The van der Waals surface area contributed by atoms with Crippen molar-refractivity contribution < 1.29 is 14.3 Å². The third kappa shape index (κ3) is 3.73. The highest BCUT2D eigenvalue weighted by molar-refractivity contribution is 6.00. The Labute approximate surface area is 189 Å². The minimum atomic E-state index is -0.0235. The standard InChI is InChI=1S/C25H32N4O3/c1-25(15-32-16-25)28(2)19-8-11-21-22(13-19)29(14-18-5-4-12-26-23(18)27-21)24(30)17-6-9-20(31-3)10-7-17/h4-5,8,11-13,17,20H,6-7,9-10,14-16H2,1-3H3,(H,26,27)/t17-,20-. The molecule has 170 valence electrons. The SMILES string of the molecule is CO[C@H]1CC[C@H](C(=O)N2Cc3cccnc3Nc3ccc(N(C)C4(C)COC4)cc32)CC1. The molecule has 1 saturated carbocycles. The summed E-state index contributed by atoms with van der Waals surface area (Å²) in [7, 11) is 3.86. The summed E-state index contributed by atoms with van der Waals surface area (Å²) >= 11 is 0. The van der Waals surface area contributed by atoms with E-state index in [-0.39, 0.29) is 23.5 Å². The molecule has 1 aliphatic carbocycles. The van der Waals surface area contributed by atoms with E-state index >= 15 is 0 Å². The average molecular weight is 437 g/mol. The second-order valence-corrected chi connectivity index (χ2v) is 9.52. The molecule has 0 bridgehead atoms. The Balaban J connectivity index is 1.50. The molecule has 3 heterocycles. The van der Waals surface area contributed by atoms with Crippen LogP contribution in [0.1, 0.15) is 38.2 Å². The first-order valence-corrected chi connectivity index (χ1v) is 11.5. The van der Waals surface area contributed by atoms with E-state index in [9.17, 15) is 4.79 Å². The molecule has 2 fully saturated rings. The molecule has 1 N–H and O–H groups in total. The number of nitrogens with one attached hydrogen (secondary N) is 1. The number of amides is 1. The summed E-state index contributed by atoms with van der Waals surface area (Å²) in [6.07, 6.45) is 5.66. The van der Waals surface area contributed by atoms with E-state index < -0.39 is 0 Å². The van der Waals surface area contributed by atoms with Crippen molar-refractivity contribution in [3.8, 4) is 0 Å². The van der Waals surface area contributed by atoms with Crippen LogP contribution in [0, 0.1) is 5.92 Å². The molecule has 0 radical (unpaired) electrons. The van der Waals surface area contributed by atoms with Gasteiger partial charge in [-0.15, -0.1) is 0 Å². The molecule has 0 unspecified atom stereocenters. The number of methoxy groups -OCH3 is 1. The number of carbonyl (C=O) groups excluding carboxylic acids is 1. The lowest BCUT2D eigenvalue weighted by Gasteiger charge is -2.46. The summed E-state index contributed by atoms with van der Waals surface area (Å²) in [5, 5.41) is 3.47. The van der Waals surface area contributed by atoms with Gasteiger partial charge in [-0.2, -0.15) is 0 Å². The van der Waals surface area contributed by atoms with E-state index in [1.807, 2.05) is 17.0 Å². The third-order valence-electron chi connectivity index (χ3n) is 7.39. The molecule has 3 aliphatic rings. The normalized spacial score (nSPS) is 23.8. The lowest BCUT2D eigenvalue weighted by Crippen LogP contribution is -2.59. The Morgan fingerprint density at radius 3 is 2.72 bits per heavy atom. The Bertz CT molecular complexity index is 998. The number of benzene rings is 1. The van der Waals surface area contributed by atoms with Crippen molar-refractivity contribution in [3.63, 3.8) is 0 Å². The van der Waals surface area contributed by atoms with Crippen LogP contribution in [0.5, 0.6) is 0 Å². The van der Waals surface area contributed by atoms with Crippen LogP contribution >= 0.6 is 0 Å². The molecular weight excluding hydrogens is 404 g/mol. The molecule has 2 aromatic rings. The Hall–Kier alpha value is -2.64. The van der Waals surface area contributed by atoms with Gasteiger partial charge in [0, 0.05) is 37.5 Å². The van der Waals surface area contributed by atoms with Gasteiger partial charge in [0.15, 0.2) is 0 Å². The highest BCUT2D eigenvalue weighted by Crippen LogP contribution is 2.41. The molecule has 1 aromatic heterocycles. The highest BCUT2D eigenvalue weighted by Gasteiger charge is 2.38. The number of likely N-dealkylation sites (N-methyl/N-ethyl adjacent to an activating group) is 1. The van der Waals surface area contributed by atoms with Crippen LogP contribution in [0.25, 0.3) is 0 Å². The molecule has 32 heavy (non-hydrogen) atoms. The fraction of sp³-hybridized carbons (Fsp3) is 0.520. The van der Waals surface area contributed by atoms with Crippen LogP contribution in [0.15, 0.2) is 36.5 Å². The maximum Gasteiger partial charge on any atom is 0.230 e. The number of pyridine rings is 1. The number of nitrogens with zero attached hydrogens (tertiary/aromatic N) is 3. The fourth-order valence-corrected chi connectivity index (χ4v) is 4.98. The predicted molar refractivity (Wildman–Crippen MR) is 126 cm³/mol. The van der Waals surface area contributed by atoms with Crippen LogP contribution in [0.2, 0.25) is 0 Å². The first kappa shape index (κ1) is 21.2. The van der Waals surface area contributed by atoms with Gasteiger partial charge >= 0.3 is 0 Å². The van der Waals surface area contributed by atoms with E-state index in [2.05, 4.69) is 47.4 Å². The van der Waals surface area contributed by atoms with Crippen molar-refractivity contribution in [1.82, 2.24) is 4.98 Å². The van der Waals surface area contributed by atoms with E-state index in [0.717, 1.165) is 54.1 Å². The second-order valence-electron chi connectivity index (χ2n) is 9.52. The van der Waals surface area contributed by atoms with Crippen LogP contribution in [-0.4, -0.2) is 49.9 Å². The van der Waals surface area contributed by atoms with E-state index in [1.54, 1.807) is 13.3 Å². The molecule has 1 aromatic carbocycles. The van der Waals surface area contributed by atoms with Crippen LogP contribution in [-0.2, 0) is 20.8 Å². The molecular formula is C25H32N4O3. The van der Waals surface area contributed by atoms with E-state index in [1.165, 1.54) is 0 Å². The van der Waals surface area contributed by atoms with Crippen LogP contribution in [0.3, 0.4) is 0 Å². The first-order chi connectivity index (χ1) is 15.5. The van der Waals surface area contributed by atoms with Crippen LogP contribution < -0.4 is 15.1 Å². The highest BCUT2D eigenvalue weighted by atomic mass is 16.5. The van der Waals surface area contributed by atoms with Crippen molar-refractivity contribution in [3.05, 3.63) is 42.1 Å². The number of carbonyl (C=O) groups is 1. The zero-order chi connectivity index (χ0) is 22.3. The van der Waals surface area contributed by atoms with Gasteiger partial charge in [0.25, 0.3) is 0 Å². The van der Waals surface area contributed by atoms with Gasteiger partial charge in [-0.1, -0.05) is 6.07 Å². The monoisotopic (exact) mass is 436 g/mol. The number of hydrogen-bond acceptors (Lipinski definition) is 6. The largest absolute Gasteiger partial charge is 0.381 e. The summed E-state index contributed by atoms with van der Waals surface area (Å²) in [5.41, 5.74) is 3.90. The topological polar surface area (TPSA) is 66.9 Å². The molecule has 7 nitrogen and oxygen atoms in total. The minimum Gasteiger partial charge on any atom is -0.381 e. The zero-order valence-electron chi connectivity index (χ0n) is 19.1. The summed E-state index contributed by atoms with van der Waals surface area (Å²) in [5.74, 6) is 1.02. The maximum atomic E-state index is 13.8. The lowest BCUT2D eigenvalue weighted by atomic mass is 9.86.